The molecule has 3 aromatic heterocycles. The van der Waals surface area contributed by atoms with Crippen LogP contribution in [0.4, 0.5) is 10.2 Å². The normalized spacial score (nSPS) is 24.7. The third-order valence-electron chi connectivity index (χ3n) is 5.47. The first-order valence-corrected chi connectivity index (χ1v) is 8.63. The summed E-state index contributed by atoms with van der Waals surface area (Å²) in [5, 5.41) is 4.31. The second kappa shape index (κ2) is 5.15. The molecule has 0 aromatic carbocycles. The van der Waals surface area contributed by atoms with Gasteiger partial charge >= 0.3 is 0 Å². The van der Waals surface area contributed by atoms with Crippen LogP contribution in [0.15, 0.2) is 35.5 Å². The second-order valence-electron chi connectivity index (χ2n) is 6.94. The van der Waals surface area contributed by atoms with Gasteiger partial charge in [-0.25, -0.2) is 13.9 Å². The minimum Gasteiger partial charge on any atom is -0.349 e. The average molecular weight is 339 g/mol. The number of pyridine rings is 1. The quantitative estimate of drug-likeness (QED) is 0.795. The van der Waals surface area contributed by atoms with Crippen LogP contribution in [-0.4, -0.2) is 26.1 Å². The third kappa shape index (κ3) is 2.18. The monoisotopic (exact) mass is 339 g/mol. The van der Waals surface area contributed by atoms with E-state index in [1.54, 1.807) is 4.52 Å². The number of aromatic nitrogens is 4. The van der Waals surface area contributed by atoms with Gasteiger partial charge < -0.3 is 9.88 Å². The van der Waals surface area contributed by atoms with Gasteiger partial charge in [-0.05, 0) is 36.8 Å². The Morgan fingerprint density at radius 1 is 1.44 bits per heavy atom. The maximum atomic E-state index is 13.7. The van der Waals surface area contributed by atoms with E-state index < -0.39 is 5.82 Å². The fourth-order valence-corrected chi connectivity index (χ4v) is 4.11. The van der Waals surface area contributed by atoms with Crippen LogP contribution >= 0.6 is 0 Å². The topological polar surface area (TPSA) is 66.3 Å². The van der Waals surface area contributed by atoms with Gasteiger partial charge in [-0.2, -0.15) is 5.10 Å². The molecular formula is C18H18FN5O. The summed E-state index contributed by atoms with van der Waals surface area (Å²) in [6.07, 6.45) is 6.79. The first-order chi connectivity index (χ1) is 12.2. The first-order valence-electron chi connectivity index (χ1n) is 8.63. The van der Waals surface area contributed by atoms with Gasteiger partial charge in [0.15, 0.2) is 5.65 Å². The molecule has 1 saturated carbocycles. The van der Waals surface area contributed by atoms with Crippen molar-refractivity contribution in [1.29, 1.82) is 0 Å². The fourth-order valence-electron chi connectivity index (χ4n) is 4.11. The Hall–Kier alpha value is -2.70. The number of fused-ring (bicyclic) bond motifs is 2. The SMILES string of the molecule is CCc1cnn2ccc(N3CC4CC4C3c3cc(F)c[nH]c3=O)nc12. The molecule has 1 aliphatic heterocycles. The summed E-state index contributed by atoms with van der Waals surface area (Å²) in [4.78, 5) is 21.7. The molecule has 3 aromatic rings. The summed E-state index contributed by atoms with van der Waals surface area (Å²) in [6.45, 7) is 2.93. The standard InChI is InChI=1S/C18H18FN5O/c1-2-10-7-21-24-4-3-15(22-17(10)24)23-9-11-5-13(11)16(23)14-6-12(19)8-20-18(14)25/h3-4,6-8,11,13,16H,2,5,9H2,1H3,(H,20,25). The highest BCUT2D eigenvalue weighted by atomic mass is 19.1. The molecule has 2 aliphatic rings. The number of piperidine rings is 1. The summed E-state index contributed by atoms with van der Waals surface area (Å²) in [5.41, 5.74) is 2.21. The number of halogens is 1. The molecule has 3 unspecified atom stereocenters. The van der Waals surface area contributed by atoms with E-state index >= 15 is 0 Å². The Kier molecular flexibility index (Phi) is 3.01. The van der Waals surface area contributed by atoms with Crippen molar-refractivity contribution in [3.8, 4) is 0 Å². The summed E-state index contributed by atoms with van der Waals surface area (Å²) in [7, 11) is 0. The Morgan fingerprint density at radius 3 is 3.16 bits per heavy atom. The van der Waals surface area contributed by atoms with E-state index in [1.807, 2.05) is 18.5 Å². The highest BCUT2D eigenvalue weighted by Crippen LogP contribution is 2.56. The van der Waals surface area contributed by atoms with Crippen LogP contribution in [0.3, 0.4) is 0 Å². The third-order valence-corrected chi connectivity index (χ3v) is 5.47. The Labute approximate surface area is 143 Å². The van der Waals surface area contributed by atoms with E-state index in [-0.39, 0.29) is 11.6 Å². The lowest BCUT2D eigenvalue weighted by Gasteiger charge is -2.28. The van der Waals surface area contributed by atoms with Gasteiger partial charge in [0.25, 0.3) is 5.56 Å². The predicted molar refractivity (Wildman–Crippen MR) is 91.1 cm³/mol. The number of aromatic amines is 1. The minimum absolute atomic E-state index is 0.118. The molecule has 6 nitrogen and oxygen atoms in total. The van der Waals surface area contributed by atoms with Crippen molar-refractivity contribution in [2.75, 3.05) is 11.4 Å². The number of rotatable bonds is 3. The molecule has 1 saturated heterocycles. The molecule has 0 spiro atoms. The molecular weight excluding hydrogens is 321 g/mol. The predicted octanol–water partition coefficient (Wildman–Crippen LogP) is 2.32. The summed E-state index contributed by atoms with van der Waals surface area (Å²) in [6, 6.07) is 3.17. The van der Waals surface area contributed by atoms with Gasteiger partial charge in [-0.15, -0.1) is 0 Å². The van der Waals surface area contributed by atoms with E-state index in [9.17, 15) is 9.18 Å². The van der Waals surface area contributed by atoms with E-state index in [0.717, 1.165) is 42.6 Å². The summed E-state index contributed by atoms with van der Waals surface area (Å²) >= 11 is 0. The molecule has 1 N–H and O–H groups in total. The largest absolute Gasteiger partial charge is 0.349 e. The van der Waals surface area contributed by atoms with E-state index in [1.165, 1.54) is 6.07 Å². The van der Waals surface area contributed by atoms with Crippen molar-refractivity contribution in [2.45, 2.75) is 25.8 Å². The van der Waals surface area contributed by atoms with Crippen molar-refractivity contribution >= 4 is 11.5 Å². The van der Waals surface area contributed by atoms with Crippen molar-refractivity contribution in [2.24, 2.45) is 11.8 Å². The maximum Gasteiger partial charge on any atom is 0.253 e. The zero-order chi connectivity index (χ0) is 17.1. The van der Waals surface area contributed by atoms with Gasteiger partial charge in [0.1, 0.15) is 11.6 Å². The molecule has 4 heterocycles. The van der Waals surface area contributed by atoms with E-state index in [4.69, 9.17) is 4.98 Å². The number of hydrogen-bond donors (Lipinski definition) is 1. The van der Waals surface area contributed by atoms with Crippen LogP contribution in [0.5, 0.6) is 0 Å². The lowest BCUT2D eigenvalue weighted by molar-refractivity contribution is 0.587. The van der Waals surface area contributed by atoms with Crippen molar-refractivity contribution in [3.05, 3.63) is 58.0 Å². The number of nitrogens with zero attached hydrogens (tertiary/aromatic N) is 4. The van der Waals surface area contributed by atoms with Crippen LogP contribution in [0.2, 0.25) is 0 Å². The van der Waals surface area contributed by atoms with Crippen LogP contribution in [0.1, 0.15) is 30.5 Å². The summed E-state index contributed by atoms with van der Waals surface area (Å²) in [5.74, 6) is 1.37. The number of aryl methyl sites for hydroxylation is 1. The number of anilines is 1. The first kappa shape index (κ1) is 14.6. The average Bonchev–Trinajstić information content (AvgIpc) is 3.11. The molecule has 3 atom stereocenters. The molecule has 25 heavy (non-hydrogen) atoms. The molecule has 128 valence electrons. The number of hydrogen-bond acceptors (Lipinski definition) is 4. The molecule has 5 rings (SSSR count). The van der Waals surface area contributed by atoms with Gasteiger partial charge in [0.05, 0.1) is 12.2 Å². The number of H-pyrrole nitrogens is 1. The molecule has 7 heteroatoms. The van der Waals surface area contributed by atoms with Gasteiger partial charge in [0, 0.05) is 30.1 Å². The Bertz CT molecular complexity index is 1030. The minimum atomic E-state index is -0.411. The molecule has 0 amide bonds. The maximum absolute atomic E-state index is 13.7. The van der Waals surface area contributed by atoms with E-state index in [2.05, 4.69) is 21.9 Å². The summed E-state index contributed by atoms with van der Waals surface area (Å²) < 4.78 is 15.5. The molecule has 0 bridgehead atoms. The van der Waals surface area contributed by atoms with Crippen molar-refractivity contribution in [1.82, 2.24) is 19.6 Å². The van der Waals surface area contributed by atoms with Crippen LogP contribution in [-0.2, 0) is 6.42 Å². The van der Waals surface area contributed by atoms with Crippen molar-refractivity contribution < 1.29 is 4.39 Å². The highest BCUT2D eigenvalue weighted by Gasteiger charge is 2.54. The Morgan fingerprint density at radius 2 is 2.32 bits per heavy atom. The molecule has 0 radical (unpaired) electrons. The molecule has 1 aliphatic carbocycles. The second-order valence-corrected chi connectivity index (χ2v) is 6.94. The lowest BCUT2D eigenvalue weighted by Crippen LogP contribution is -2.31. The van der Waals surface area contributed by atoms with E-state index in [0.29, 0.717) is 17.4 Å². The smallest absolute Gasteiger partial charge is 0.253 e. The molecule has 2 fully saturated rings. The van der Waals surface area contributed by atoms with Gasteiger partial charge in [-0.1, -0.05) is 6.92 Å². The highest BCUT2D eigenvalue weighted by molar-refractivity contribution is 5.55. The fraction of sp³-hybridized carbons (Fsp3) is 0.389. The lowest BCUT2D eigenvalue weighted by atomic mass is 10.0. The van der Waals surface area contributed by atoms with Gasteiger partial charge in [-0.3, -0.25) is 4.79 Å². The Balaban J connectivity index is 1.61. The van der Waals surface area contributed by atoms with Crippen molar-refractivity contribution in [3.63, 3.8) is 0 Å². The van der Waals surface area contributed by atoms with Gasteiger partial charge in [0.2, 0.25) is 0 Å². The zero-order valence-electron chi connectivity index (χ0n) is 13.8. The number of nitrogens with one attached hydrogen (secondary N) is 1. The zero-order valence-corrected chi connectivity index (χ0v) is 13.8. The van der Waals surface area contributed by atoms with Crippen LogP contribution in [0.25, 0.3) is 5.65 Å². The van der Waals surface area contributed by atoms with Crippen LogP contribution < -0.4 is 10.5 Å². The van der Waals surface area contributed by atoms with Crippen LogP contribution in [0, 0.1) is 17.7 Å².